The molecular weight excluding hydrogens is 398 g/mol. The molecule has 1 aliphatic rings. The van der Waals surface area contributed by atoms with Gasteiger partial charge < -0.3 is 14.5 Å². The standard InChI is InChI=1S/C21H21N7O3/c1-25-19-18(20(30)26(2)21(25)31)27(12-23-19)11-17(29)24-14-6-3-5-13(9-14)15-10-22-16-7-4-8-28(15)16/h3,5-6,9-10,12H,4,7-8,11H2,1-2H3,(H,24,29). The highest BCUT2D eigenvalue weighted by Gasteiger charge is 2.18. The largest absolute Gasteiger partial charge is 0.332 e. The number of hydrogen-bond donors (Lipinski definition) is 1. The number of nitrogens with one attached hydrogen (secondary N) is 1. The monoisotopic (exact) mass is 419 g/mol. The zero-order valence-corrected chi connectivity index (χ0v) is 17.2. The quantitative estimate of drug-likeness (QED) is 0.528. The number of carbonyl (C=O) groups is 1. The summed E-state index contributed by atoms with van der Waals surface area (Å²) in [6, 6.07) is 7.61. The molecule has 1 N–H and O–H groups in total. The maximum atomic E-state index is 12.7. The first-order valence-electron chi connectivity index (χ1n) is 9.99. The van der Waals surface area contributed by atoms with Gasteiger partial charge in [-0.1, -0.05) is 12.1 Å². The topological polar surface area (TPSA) is 109 Å². The van der Waals surface area contributed by atoms with E-state index in [0.29, 0.717) is 5.69 Å². The lowest BCUT2D eigenvalue weighted by atomic mass is 10.1. The van der Waals surface area contributed by atoms with Crippen LogP contribution in [0.3, 0.4) is 0 Å². The number of hydrogen-bond acceptors (Lipinski definition) is 5. The van der Waals surface area contributed by atoms with Crippen molar-refractivity contribution < 1.29 is 4.79 Å². The van der Waals surface area contributed by atoms with Gasteiger partial charge in [-0.25, -0.2) is 14.8 Å². The maximum Gasteiger partial charge on any atom is 0.332 e. The summed E-state index contributed by atoms with van der Waals surface area (Å²) in [4.78, 5) is 45.9. The Hall–Kier alpha value is -3.95. The summed E-state index contributed by atoms with van der Waals surface area (Å²) in [5, 5.41) is 2.88. The van der Waals surface area contributed by atoms with E-state index in [9.17, 15) is 14.4 Å². The molecule has 10 heteroatoms. The number of nitrogens with zero attached hydrogens (tertiary/aromatic N) is 6. The van der Waals surface area contributed by atoms with Gasteiger partial charge in [0.1, 0.15) is 12.4 Å². The van der Waals surface area contributed by atoms with Gasteiger partial charge >= 0.3 is 5.69 Å². The first-order valence-corrected chi connectivity index (χ1v) is 9.99. The van der Waals surface area contributed by atoms with Crippen molar-refractivity contribution in [1.82, 2.24) is 28.2 Å². The number of amides is 1. The van der Waals surface area contributed by atoms with E-state index in [-0.39, 0.29) is 23.6 Å². The van der Waals surface area contributed by atoms with Crippen LogP contribution in [0.2, 0.25) is 0 Å². The summed E-state index contributed by atoms with van der Waals surface area (Å²) < 4.78 is 5.96. The second-order valence-corrected chi connectivity index (χ2v) is 7.69. The Morgan fingerprint density at radius 1 is 1.16 bits per heavy atom. The van der Waals surface area contributed by atoms with Gasteiger partial charge in [-0.05, 0) is 18.6 Å². The van der Waals surface area contributed by atoms with Gasteiger partial charge in [0.25, 0.3) is 5.56 Å². The fraction of sp³-hybridized carbons (Fsp3) is 0.286. The minimum Gasteiger partial charge on any atom is -0.328 e. The predicted molar refractivity (Wildman–Crippen MR) is 115 cm³/mol. The summed E-state index contributed by atoms with van der Waals surface area (Å²) in [6.07, 6.45) is 5.35. The molecule has 0 atom stereocenters. The maximum absolute atomic E-state index is 12.7. The minimum absolute atomic E-state index is 0.101. The number of benzene rings is 1. The van der Waals surface area contributed by atoms with Crippen molar-refractivity contribution in [3.8, 4) is 11.3 Å². The lowest BCUT2D eigenvalue weighted by Gasteiger charge is -2.10. The Bertz CT molecular complexity index is 1450. The van der Waals surface area contributed by atoms with Crippen molar-refractivity contribution in [2.75, 3.05) is 5.32 Å². The molecule has 31 heavy (non-hydrogen) atoms. The van der Waals surface area contributed by atoms with E-state index in [4.69, 9.17) is 0 Å². The van der Waals surface area contributed by atoms with Crippen molar-refractivity contribution in [2.45, 2.75) is 25.9 Å². The van der Waals surface area contributed by atoms with E-state index >= 15 is 0 Å². The minimum atomic E-state index is -0.486. The Morgan fingerprint density at radius 2 is 2.00 bits per heavy atom. The van der Waals surface area contributed by atoms with Crippen molar-refractivity contribution in [1.29, 1.82) is 0 Å². The van der Waals surface area contributed by atoms with Gasteiger partial charge in [-0.2, -0.15) is 0 Å². The van der Waals surface area contributed by atoms with Gasteiger partial charge in [0.15, 0.2) is 11.2 Å². The van der Waals surface area contributed by atoms with Crippen molar-refractivity contribution in [2.24, 2.45) is 14.1 Å². The second-order valence-electron chi connectivity index (χ2n) is 7.69. The number of carbonyl (C=O) groups excluding carboxylic acids is 1. The SMILES string of the molecule is Cn1c(=O)c2c(ncn2CC(=O)Nc2cccc(-c3cnc4n3CCC4)c2)n(C)c1=O. The Labute approximate surface area is 176 Å². The third-order valence-electron chi connectivity index (χ3n) is 5.69. The van der Waals surface area contributed by atoms with Gasteiger partial charge in [-0.15, -0.1) is 0 Å². The molecule has 3 aromatic heterocycles. The zero-order valence-electron chi connectivity index (χ0n) is 17.2. The average Bonchev–Trinajstić information content (AvgIpc) is 3.46. The van der Waals surface area contributed by atoms with Crippen LogP contribution in [-0.2, 0) is 38.4 Å². The fourth-order valence-corrected chi connectivity index (χ4v) is 4.12. The molecule has 0 spiro atoms. The predicted octanol–water partition coefficient (Wildman–Crippen LogP) is 0.882. The summed E-state index contributed by atoms with van der Waals surface area (Å²) in [6.45, 7) is 0.850. The molecule has 158 valence electrons. The molecule has 5 rings (SSSR count). The summed E-state index contributed by atoms with van der Waals surface area (Å²) in [5.74, 6) is 0.790. The normalized spacial score (nSPS) is 13.0. The highest BCUT2D eigenvalue weighted by Crippen LogP contribution is 2.27. The highest BCUT2D eigenvalue weighted by molar-refractivity contribution is 5.92. The van der Waals surface area contributed by atoms with Crippen LogP contribution in [0, 0.1) is 0 Å². The van der Waals surface area contributed by atoms with E-state index in [1.165, 1.54) is 22.5 Å². The molecule has 10 nitrogen and oxygen atoms in total. The van der Waals surface area contributed by atoms with Crippen LogP contribution in [0.4, 0.5) is 5.69 Å². The molecule has 0 saturated carbocycles. The zero-order chi connectivity index (χ0) is 21.7. The van der Waals surface area contributed by atoms with Crippen molar-refractivity contribution in [3.05, 3.63) is 63.5 Å². The van der Waals surface area contributed by atoms with Crippen molar-refractivity contribution >= 4 is 22.8 Å². The third-order valence-corrected chi connectivity index (χ3v) is 5.69. The number of aryl methyl sites for hydroxylation is 2. The molecule has 0 aliphatic carbocycles. The summed E-state index contributed by atoms with van der Waals surface area (Å²) >= 11 is 0. The smallest absolute Gasteiger partial charge is 0.328 e. The highest BCUT2D eigenvalue weighted by atomic mass is 16.2. The number of anilines is 1. The van der Waals surface area contributed by atoms with Crippen LogP contribution >= 0.6 is 0 Å². The number of aromatic nitrogens is 6. The molecule has 0 unspecified atom stereocenters. The van der Waals surface area contributed by atoms with E-state index in [2.05, 4.69) is 19.9 Å². The first-order chi connectivity index (χ1) is 14.9. The van der Waals surface area contributed by atoms with Crippen LogP contribution in [0.15, 0.2) is 46.4 Å². The Morgan fingerprint density at radius 3 is 2.84 bits per heavy atom. The van der Waals surface area contributed by atoms with Gasteiger partial charge in [0.05, 0.1) is 18.2 Å². The molecule has 4 aromatic rings. The van der Waals surface area contributed by atoms with E-state index < -0.39 is 11.2 Å². The van der Waals surface area contributed by atoms with E-state index in [0.717, 1.165) is 41.0 Å². The lowest BCUT2D eigenvalue weighted by molar-refractivity contribution is -0.116. The van der Waals surface area contributed by atoms with Crippen LogP contribution in [0.5, 0.6) is 0 Å². The number of imidazole rings is 2. The fourth-order valence-electron chi connectivity index (χ4n) is 4.12. The van der Waals surface area contributed by atoms with Crippen LogP contribution < -0.4 is 16.6 Å². The van der Waals surface area contributed by atoms with Crippen molar-refractivity contribution in [3.63, 3.8) is 0 Å². The molecule has 1 aromatic carbocycles. The molecule has 0 saturated heterocycles. The van der Waals surface area contributed by atoms with E-state index in [1.54, 1.807) is 7.05 Å². The van der Waals surface area contributed by atoms with Gasteiger partial charge in [0, 0.05) is 38.3 Å². The van der Waals surface area contributed by atoms with Crippen LogP contribution in [-0.4, -0.2) is 34.1 Å². The third kappa shape index (κ3) is 3.07. The molecule has 0 bridgehead atoms. The summed E-state index contributed by atoms with van der Waals surface area (Å²) in [7, 11) is 2.94. The first kappa shape index (κ1) is 19.0. The van der Waals surface area contributed by atoms with Gasteiger partial charge in [-0.3, -0.25) is 18.7 Å². The number of rotatable bonds is 4. The molecule has 4 heterocycles. The molecular formula is C21H21N7O3. The average molecular weight is 419 g/mol. The molecule has 0 radical (unpaired) electrons. The van der Waals surface area contributed by atoms with Crippen LogP contribution in [0.25, 0.3) is 22.4 Å². The lowest BCUT2D eigenvalue weighted by Crippen LogP contribution is -2.37. The Kier molecular flexibility index (Phi) is 4.35. The van der Waals surface area contributed by atoms with Gasteiger partial charge in [0.2, 0.25) is 5.91 Å². The second kappa shape index (κ2) is 7.08. The molecule has 1 aliphatic heterocycles. The summed E-state index contributed by atoms with van der Waals surface area (Å²) in [5.41, 5.74) is 2.18. The number of fused-ring (bicyclic) bond motifs is 2. The van der Waals surface area contributed by atoms with E-state index in [1.807, 2.05) is 30.5 Å². The molecule has 1 amide bonds. The Balaban J connectivity index is 1.41. The van der Waals surface area contributed by atoms with Crippen LogP contribution in [0.1, 0.15) is 12.2 Å². The molecule has 0 fully saturated rings.